The molecule has 2 aromatic rings. The second-order valence-electron chi connectivity index (χ2n) is 4.06. The fourth-order valence-electron chi connectivity index (χ4n) is 1.86. The number of aromatic nitrogens is 2. The van der Waals surface area contributed by atoms with Gasteiger partial charge in [-0.15, -0.1) is 0 Å². The van der Waals surface area contributed by atoms with Crippen LogP contribution in [-0.2, 0) is 7.05 Å². The SMILES string of the molecule is COc1ccc(-c2cc(C(F)F)n(C)n2)cc1C. The number of rotatable bonds is 3. The summed E-state index contributed by atoms with van der Waals surface area (Å²) >= 11 is 0. The minimum absolute atomic E-state index is 0.0847. The number of methoxy groups -OCH3 is 1. The molecule has 0 aliphatic carbocycles. The van der Waals surface area contributed by atoms with Crippen LogP contribution in [0.3, 0.4) is 0 Å². The van der Waals surface area contributed by atoms with Gasteiger partial charge in [0.05, 0.1) is 12.8 Å². The van der Waals surface area contributed by atoms with Crippen molar-refractivity contribution in [3.63, 3.8) is 0 Å². The van der Waals surface area contributed by atoms with Crippen molar-refractivity contribution in [1.82, 2.24) is 9.78 Å². The van der Waals surface area contributed by atoms with E-state index in [0.29, 0.717) is 5.69 Å². The molecule has 0 unspecified atom stereocenters. The van der Waals surface area contributed by atoms with Gasteiger partial charge in [-0.2, -0.15) is 5.10 Å². The lowest BCUT2D eigenvalue weighted by Crippen LogP contribution is -1.97. The summed E-state index contributed by atoms with van der Waals surface area (Å²) in [7, 11) is 3.11. The molecule has 1 aromatic carbocycles. The zero-order chi connectivity index (χ0) is 13.3. The number of nitrogens with zero attached hydrogens (tertiary/aromatic N) is 2. The van der Waals surface area contributed by atoms with E-state index in [0.717, 1.165) is 16.9 Å². The Balaban J connectivity index is 2.43. The molecule has 2 rings (SSSR count). The summed E-state index contributed by atoms with van der Waals surface area (Å²) in [5.41, 5.74) is 2.20. The van der Waals surface area contributed by atoms with E-state index in [1.807, 2.05) is 19.1 Å². The topological polar surface area (TPSA) is 27.1 Å². The van der Waals surface area contributed by atoms with E-state index in [9.17, 15) is 8.78 Å². The van der Waals surface area contributed by atoms with Gasteiger partial charge in [0.25, 0.3) is 6.43 Å². The smallest absolute Gasteiger partial charge is 0.280 e. The van der Waals surface area contributed by atoms with Crippen LogP contribution in [0.15, 0.2) is 24.3 Å². The molecule has 0 aliphatic heterocycles. The summed E-state index contributed by atoms with van der Waals surface area (Å²) in [6.07, 6.45) is -2.52. The van der Waals surface area contributed by atoms with Crippen LogP contribution in [0, 0.1) is 6.92 Å². The van der Waals surface area contributed by atoms with Gasteiger partial charge in [0, 0.05) is 12.6 Å². The first-order chi connectivity index (χ1) is 8.52. The Kier molecular flexibility index (Phi) is 3.32. The fraction of sp³-hybridized carbons (Fsp3) is 0.308. The third-order valence-electron chi connectivity index (χ3n) is 2.83. The van der Waals surface area contributed by atoms with Crippen LogP contribution < -0.4 is 4.74 Å². The van der Waals surface area contributed by atoms with Crippen LogP contribution in [0.25, 0.3) is 11.3 Å². The number of alkyl halides is 2. The second-order valence-corrected chi connectivity index (χ2v) is 4.06. The Morgan fingerprint density at radius 3 is 2.50 bits per heavy atom. The molecule has 0 saturated heterocycles. The quantitative estimate of drug-likeness (QED) is 0.837. The normalized spacial score (nSPS) is 11.0. The molecule has 0 radical (unpaired) electrons. The van der Waals surface area contributed by atoms with Crippen LogP contribution in [0.5, 0.6) is 5.75 Å². The van der Waals surface area contributed by atoms with E-state index < -0.39 is 6.43 Å². The molecule has 0 atom stereocenters. The van der Waals surface area contributed by atoms with E-state index in [-0.39, 0.29) is 5.69 Å². The summed E-state index contributed by atoms with van der Waals surface area (Å²) in [5, 5.41) is 4.09. The van der Waals surface area contributed by atoms with E-state index >= 15 is 0 Å². The van der Waals surface area contributed by atoms with Gasteiger partial charge in [0.2, 0.25) is 0 Å². The Hall–Kier alpha value is -1.91. The lowest BCUT2D eigenvalue weighted by Gasteiger charge is -2.05. The van der Waals surface area contributed by atoms with Crippen LogP contribution in [0.1, 0.15) is 17.7 Å². The Morgan fingerprint density at radius 1 is 1.28 bits per heavy atom. The predicted octanol–water partition coefficient (Wildman–Crippen LogP) is 3.34. The lowest BCUT2D eigenvalue weighted by atomic mass is 10.1. The van der Waals surface area contributed by atoms with E-state index in [1.54, 1.807) is 13.2 Å². The van der Waals surface area contributed by atoms with Crippen LogP contribution in [-0.4, -0.2) is 16.9 Å². The molecule has 0 amide bonds. The largest absolute Gasteiger partial charge is 0.496 e. The molecule has 0 aliphatic rings. The average molecular weight is 252 g/mol. The first-order valence-corrected chi connectivity index (χ1v) is 5.50. The first kappa shape index (κ1) is 12.5. The van der Waals surface area contributed by atoms with Crippen molar-refractivity contribution in [2.24, 2.45) is 7.05 Å². The van der Waals surface area contributed by atoms with Gasteiger partial charge in [-0.3, -0.25) is 4.68 Å². The molecular formula is C13H14F2N2O. The average Bonchev–Trinajstić information content (AvgIpc) is 2.71. The van der Waals surface area contributed by atoms with Gasteiger partial charge in [-0.25, -0.2) is 8.78 Å². The molecule has 0 N–H and O–H groups in total. The zero-order valence-electron chi connectivity index (χ0n) is 10.4. The van der Waals surface area contributed by atoms with E-state index in [4.69, 9.17) is 4.74 Å². The first-order valence-electron chi connectivity index (χ1n) is 5.50. The van der Waals surface area contributed by atoms with E-state index in [1.165, 1.54) is 17.8 Å². The molecule has 0 spiro atoms. The maximum Gasteiger partial charge on any atom is 0.280 e. The second kappa shape index (κ2) is 4.76. The summed E-state index contributed by atoms with van der Waals surface area (Å²) < 4.78 is 31.7. The number of benzene rings is 1. The maximum atomic E-state index is 12.7. The number of ether oxygens (including phenoxy) is 1. The highest BCUT2D eigenvalue weighted by Gasteiger charge is 2.15. The third-order valence-corrected chi connectivity index (χ3v) is 2.83. The monoisotopic (exact) mass is 252 g/mol. The van der Waals surface area contributed by atoms with E-state index in [2.05, 4.69) is 5.10 Å². The highest BCUT2D eigenvalue weighted by molar-refractivity contribution is 5.62. The number of aryl methyl sites for hydroxylation is 2. The van der Waals surface area contributed by atoms with Crippen molar-refractivity contribution in [1.29, 1.82) is 0 Å². The standard InChI is InChI=1S/C13H14F2N2O/c1-8-6-9(4-5-12(8)18-3)10-7-11(13(14)15)17(2)16-10/h4-7,13H,1-3H3. The molecule has 1 heterocycles. The van der Waals surface area contributed by atoms with Gasteiger partial charge in [-0.1, -0.05) is 0 Å². The fourth-order valence-corrected chi connectivity index (χ4v) is 1.86. The Labute approximate surface area is 104 Å². The number of halogens is 2. The lowest BCUT2D eigenvalue weighted by molar-refractivity contribution is 0.141. The van der Waals surface area contributed by atoms with Crippen LogP contribution in [0.2, 0.25) is 0 Å². The Bertz CT molecular complexity index is 564. The molecule has 18 heavy (non-hydrogen) atoms. The number of hydrogen-bond donors (Lipinski definition) is 0. The highest BCUT2D eigenvalue weighted by atomic mass is 19.3. The van der Waals surface area contributed by atoms with Crippen LogP contribution in [0.4, 0.5) is 8.78 Å². The van der Waals surface area contributed by atoms with Gasteiger partial charge in [-0.05, 0) is 36.8 Å². The molecule has 96 valence electrons. The predicted molar refractivity (Wildman–Crippen MR) is 64.9 cm³/mol. The number of hydrogen-bond acceptors (Lipinski definition) is 2. The van der Waals surface area contributed by atoms with Gasteiger partial charge in [0.15, 0.2) is 0 Å². The van der Waals surface area contributed by atoms with Crippen molar-refractivity contribution >= 4 is 0 Å². The summed E-state index contributed by atoms with van der Waals surface area (Å²) in [4.78, 5) is 0. The maximum absolute atomic E-state index is 12.7. The molecule has 0 saturated carbocycles. The van der Waals surface area contributed by atoms with Gasteiger partial charge < -0.3 is 4.74 Å². The molecule has 0 bridgehead atoms. The van der Waals surface area contributed by atoms with Crippen LogP contribution >= 0.6 is 0 Å². The van der Waals surface area contributed by atoms with Gasteiger partial charge in [0.1, 0.15) is 11.4 Å². The van der Waals surface area contributed by atoms with Crippen molar-refractivity contribution in [3.05, 3.63) is 35.5 Å². The zero-order valence-corrected chi connectivity index (χ0v) is 10.4. The Morgan fingerprint density at radius 2 is 2.00 bits per heavy atom. The molecule has 0 fully saturated rings. The highest BCUT2D eigenvalue weighted by Crippen LogP contribution is 2.28. The third kappa shape index (κ3) is 2.20. The molecule has 1 aromatic heterocycles. The minimum Gasteiger partial charge on any atom is -0.496 e. The molecule has 5 heteroatoms. The van der Waals surface area contributed by atoms with Gasteiger partial charge >= 0.3 is 0 Å². The van der Waals surface area contributed by atoms with Crippen molar-refractivity contribution < 1.29 is 13.5 Å². The van der Waals surface area contributed by atoms with Crippen molar-refractivity contribution in [3.8, 4) is 17.0 Å². The summed E-state index contributed by atoms with van der Waals surface area (Å²) in [6, 6.07) is 6.90. The minimum atomic E-state index is -2.52. The summed E-state index contributed by atoms with van der Waals surface area (Å²) in [6.45, 7) is 1.90. The summed E-state index contributed by atoms with van der Waals surface area (Å²) in [5.74, 6) is 0.767. The molecule has 3 nitrogen and oxygen atoms in total. The molecular weight excluding hydrogens is 238 g/mol. The van der Waals surface area contributed by atoms with Crippen molar-refractivity contribution in [2.45, 2.75) is 13.3 Å². The van der Waals surface area contributed by atoms with Crippen molar-refractivity contribution in [2.75, 3.05) is 7.11 Å².